The quantitative estimate of drug-likeness (QED) is 0.212. The van der Waals surface area contributed by atoms with Crippen LogP contribution in [0.2, 0.25) is 0 Å². The highest BCUT2D eigenvalue weighted by Gasteiger charge is 2.37. The molecule has 240 valence electrons. The van der Waals surface area contributed by atoms with Crippen LogP contribution in [0.4, 0.5) is 0 Å². The first kappa shape index (κ1) is 33.5. The Balaban J connectivity index is 1.73. The Hall–Kier alpha value is -2.40. The molecule has 3 aliphatic rings. The van der Waals surface area contributed by atoms with E-state index in [1.165, 1.54) is 0 Å². The summed E-state index contributed by atoms with van der Waals surface area (Å²) in [6, 6.07) is 0.801. The molecule has 4 atom stereocenters. The lowest BCUT2D eigenvalue weighted by Gasteiger charge is -2.42. The zero-order valence-electron chi connectivity index (χ0n) is 27.0. The molecule has 1 saturated heterocycles. The fourth-order valence-electron chi connectivity index (χ4n) is 6.27. The zero-order valence-corrected chi connectivity index (χ0v) is 27.0. The molecule has 10 nitrogen and oxygen atoms in total. The third-order valence-corrected chi connectivity index (χ3v) is 9.34. The van der Waals surface area contributed by atoms with Crippen molar-refractivity contribution in [1.82, 2.24) is 20.2 Å². The first-order valence-electron chi connectivity index (χ1n) is 16.3. The first-order valence-corrected chi connectivity index (χ1v) is 16.3. The van der Waals surface area contributed by atoms with Crippen molar-refractivity contribution in [3.8, 4) is 5.88 Å². The van der Waals surface area contributed by atoms with E-state index in [-0.39, 0.29) is 23.2 Å². The number of nitrogens with one attached hydrogen (secondary N) is 1. The number of fused-ring (bicyclic) bond motifs is 1. The Bertz CT molecular complexity index is 1140. The molecule has 1 aromatic heterocycles. The minimum absolute atomic E-state index is 0.0225. The third kappa shape index (κ3) is 8.41. The van der Waals surface area contributed by atoms with E-state index in [1.54, 1.807) is 7.11 Å². The van der Waals surface area contributed by atoms with Crippen molar-refractivity contribution in [2.75, 3.05) is 47.1 Å². The van der Waals surface area contributed by atoms with Crippen LogP contribution in [0, 0.1) is 11.8 Å². The van der Waals surface area contributed by atoms with Crippen LogP contribution in [0.1, 0.15) is 102 Å². The summed E-state index contributed by atoms with van der Waals surface area (Å²) < 4.78 is 17.5. The van der Waals surface area contributed by atoms with E-state index < -0.39 is 5.92 Å². The maximum Gasteiger partial charge on any atom is 0.221 e. The molecule has 2 aliphatic heterocycles. The fourth-order valence-corrected chi connectivity index (χ4v) is 6.27. The minimum atomic E-state index is -0.615. The topological polar surface area (TPSA) is 129 Å². The van der Waals surface area contributed by atoms with E-state index in [0.29, 0.717) is 74.3 Å². The monoisotopic (exact) mass is 599 g/mol. The summed E-state index contributed by atoms with van der Waals surface area (Å²) in [5, 5.41) is 3.30. The number of allylic oxidation sites excluding steroid dienone is 1. The van der Waals surface area contributed by atoms with Crippen LogP contribution in [0.15, 0.2) is 5.57 Å². The predicted octanol–water partition coefficient (Wildman–Crippen LogP) is 4.01. The SMILES string of the molecule is CCC/C(C(=O)[C@H]1CCCCC1=O)=C(/N)c1nc(OC[C@@H](C)CC[C@H](C)NC)c2c(n1)[C@@H](CCOC)CN(C1COC1)C2. The molecule has 1 aromatic rings. The van der Waals surface area contributed by atoms with E-state index in [2.05, 4.69) is 24.1 Å². The number of ketones is 2. The largest absolute Gasteiger partial charge is 0.477 e. The van der Waals surface area contributed by atoms with Crippen molar-refractivity contribution in [2.45, 2.75) is 103 Å². The maximum atomic E-state index is 13.7. The summed E-state index contributed by atoms with van der Waals surface area (Å²) in [5.74, 6) is 0.544. The first-order chi connectivity index (χ1) is 20.8. The van der Waals surface area contributed by atoms with Gasteiger partial charge in [-0.05, 0) is 58.4 Å². The molecule has 1 saturated carbocycles. The smallest absolute Gasteiger partial charge is 0.221 e. The molecule has 0 aromatic carbocycles. The van der Waals surface area contributed by atoms with Gasteiger partial charge in [-0.25, -0.2) is 4.98 Å². The van der Waals surface area contributed by atoms with Crippen molar-refractivity contribution in [1.29, 1.82) is 0 Å². The molecule has 0 radical (unpaired) electrons. The second-order valence-corrected chi connectivity index (χ2v) is 12.8. The van der Waals surface area contributed by atoms with Crippen molar-refractivity contribution < 1.29 is 23.8 Å². The highest BCUT2D eigenvalue weighted by atomic mass is 16.5. The van der Waals surface area contributed by atoms with Crippen LogP contribution in [0.25, 0.3) is 5.70 Å². The molecule has 1 aliphatic carbocycles. The van der Waals surface area contributed by atoms with Crippen LogP contribution >= 0.6 is 0 Å². The average molecular weight is 600 g/mol. The lowest BCUT2D eigenvalue weighted by Crippen LogP contribution is -2.51. The van der Waals surface area contributed by atoms with E-state index in [9.17, 15) is 9.59 Å². The molecular formula is C33H53N5O5. The van der Waals surface area contributed by atoms with Gasteiger partial charge in [0, 0.05) is 50.8 Å². The molecule has 0 unspecified atom stereocenters. The van der Waals surface area contributed by atoms with Gasteiger partial charge in [-0.3, -0.25) is 14.5 Å². The fraction of sp³-hybridized carbons (Fsp3) is 0.758. The number of hydrogen-bond donors (Lipinski definition) is 2. The summed E-state index contributed by atoms with van der Waals surface area (Å²) in [5.41, 5.74) is 9.44. The lowest BCUT2D eigenvalue weighted by atomic mass is 9.81. The third-order valence-electron chi connectivity index (χ3n) is 9.34. The molecular weight excluding hydrogens is 546 g/mol. The number of carbonyl (C=O) groups excluding carboxylic acids is 2. The summed E-state index contributed by atoms with van der Waals surface area (Å²) in [6.45, 7) is 10.5. The molecule has 4 rings (SSSR count). The van der Waals surface area contributed by atoms with Gasteiger partial charge in [-0.15, -0.1) is 0 Å². The van der Waals surface area contributed by atoms with Crippen LogP contribution in [-0.2, 0) is 25.6 Å². The van der Waals surface area contributed by atoms with Crippen LogP contribution in [-0.4, -0.2) is 85.6 Å². The van der Waals surface area contributed by atoms with Crippen LogP contribution in [0.5, 0.6) is 5.88 Å². The molecule has 3 heterocycles. The Morgan fingerprint density at radius 3 is 2.65 bits per heavy atom. The van der Waals surface area contributed by atoms with Gasteiger partial charge in [0.05, 0.1) is 48.7 Å². The number of hydrogen-bond acceptors (Lipinski definition) is 10. The molecule has 0 bridgehead atoms. The zero-order chi connectivity index (χ0) is 30.9. The molecule has 2 fully saturated rings. The van der Waals surface area contributed by atoms with Gasteiger partial charge < -0.3 is 25.3 Å². The number of aromatic nitrogens is 2. The van der Waals surface area contributed by atoms with E-state index in [0.717, 1.165) is 69.5 Å². The number of nitrogens with zero attached hydrogens (tertiary/aromatic N) is 3. The van der Waals surface area contributed by atoms with Gasteiger partial charge in [0.15, 0.2) is 11.6 Å². The van der Waals surface area contributed by atoms with Gasteiger partial charge in [-0.1, -0.05) is 26.7 Å². The van der Waals surface area contributed by atoms with E-state index >= 15 is 0 Å². The summed E-state index contributed by atoms with van der Waals surface area (Å²) in [7, 11) is 3.70. The molecule has 0 spiro atoms. The lowest BCUT2D eigenvalue weighted by molar-refractivity contribution is -0.132. The Morgan fingerprint density at radius 1 is 1.21 bits per heavy atom. The highest BCUT2D eigenvalue weighted by molar-refractivity contribution is 6.13. The number of rotatable bonds is 16. The standard InChI is InChI=1S/C33H53N5O5/c1-6-9-26(31(40)25-10-7-8-11-28(25)39)29(34)32-36-30-23(14-15-41-5)16-38(24-19-42-20-24)17-27(30)33(37-32)43-18-21(2)12-13-22(3)35-4/h21-25,35H,6-20,34H2,1-5H3/b29-26-/t21-,22-,23-,25-/m0/s1. The predicted molar refractivity (Wildman–Crippen MR) is 167 cm³/mol. The van der Waals surface area contributed by atoms with Gasteiger partial charge in [-0.2, -0.15) is 4.98 Å². The van der Waals surface area contributed by atoms with Crippen molar-refractivity contribution in [2.24, 2.45) is 17.6 Å². The van der Waals surface area contributed by atoms with Crippen molar-refractivity contribution in [3.63, 3.8) is 0 Å². The summed E-state index contributed by atoms with van der Waals surface area (Å²) in [4.78, 5) is 38.9. The molecule has 0 amide bonds. The molecule has 3 N–H and O–H groups in total. The maximum absolute atomic E-state index is 13.7. The second kappa shape index (κ2) is 16.1. The van der Waals surface area contributed by atoms with Gasteiger partial charge in [0.1, 0.15) is 5.78 Å². The average Bonchev–Trinajstić information content (AvgIpc) is 2.98. The summed E-state index contributed by atoms with van der Waals surface area (Å²) in [6.07, 6.45) is 6.85. The Labute approximate surface area is 257 Å². The van der Waals surface area contributed by atoms with Crippen molar-refractivity contribution >= 4 is 17.3 Å². The van der Waals surface area contributed by atoms with Crippen LogP contribution < -0.4 is 15.8 Å². The van der Waals surface area contributed by atoms with Gasteiger partial charge >= 0.3 is 0 Å². The highest BCUT2D eigenvalue weighted by Crippen LogP contribution is 2.37. The van der Waals surface area contributed by atoms with Crippen molar-refractivity contribution in [3.05, 3.63) is 22.7 Å². The Kier molecular flexibility index (Phi) is 12.5. The van der Waals surface area contributed by atoms with Gasteiger partial charge in [0.2, 0.25) is 5.88 Å². The number of Topliss-reactive ketones (excluding diaryl/α,β-unsaturated/α-hetero) is 2. The minimum Gasteiger partial charge on any atom is -0.477 e. The normalized spacial score (nSPS) is 23.2. The number of ether oxygens (including phenoxy) is 3. The second-order valence-electron chi connectivity index (χ2n) is 12.8. The van der Waals surface area contributed by atoms with Crippen LogP contribution in [0.3, 0.4) is 0 Å². The number of nitrogens with two attached hydrogens (primary N) is 1. The number of carbonyl (C=O) groups is 2. The Morgan fingerprint density at radius 2 is 2.00 bits per heavy atom. The van der Waals surface area contributed by atoms with E-state index in [4.69, 9.17) is 29.9 Å². The van der Waals surface area contributed by atoms with E-state index in [1.807, 2.05) is 14.0 Å². The number of methoxy groups -OCH3 is 1. The summed E-state index contributed by atoms with van der Waals surface area (Å²) >= 11 is 0. The molecule has 10 heteroatoms. The molecule has 43 heavy (non-hydrogen) atoms. The van der Waals surface area contributed by atoms with Gasteiger partial charge in [0.25, 0.3) is 0 Å².